The summed E-state index contributed by atoms with van der Waals surface area (Å²) >= 11 is 5.96. The van der Waals surface area contributed by atoms with Crippen LogP contribution in [0.4, 0.5) is 5.69 Å². The lowest BCUT2D eigenvalue weighted by Crippen LogP contribution is -2.26. The average molecular weight is 323 g/mol. The predicted octanol–water partition coefficient (Wildman–Crippen LogP) is 2.94. The first-order chi connectivity index (χ1) is 9.89. The van der Waals surface area contributed by atoms with Crippen LogP contribution in [0.2, 0.25) is 5.02 Å². The van der Waals surface area contributed by atoms with Gasteiger partial charge in [0, 0.05) is 23.8 Å². The van der Waals surface area contributed by atoms with Crippen LogP contribution < -0.4 is 5.73 Å². The minimum absolute atomic E-state index is 0.181. The number of benzene rings is 2. The molecule has 2 N–H and O–H groups in total. The van der Waals surface area contributed by atoms with Gasteiger partial charge in [0.05, 0.1) is 4.90 Å². The van der Waals surface area contributed by atoms with Gasteiger partial charge in [-0.1, -0.05) is 35.9 Å². The molecule has 4 nitrogen and oxygen atoms in total. The summed E-state index contributed by atoms with van der Waals surface area (Å²) in [6, 6.07) is 10.8. The first-order valence-electron chi connectivity index (χ1n) is 6.52. The second kappa shape index (κ2) is 5.02. The summed E-state index contributed by atoms with van der Waals surface area (Å²) in [5.74, 6) is 0. The number of rotatable bonds is 2. The minimum Gasteiger partial charge on any atom is -0.398 e. The van der Waals surface area contributed by atoms with Crippen molar-refractivity contribution in [2.75, 3.05) is 5.73 Å². The fraction of sp³-hybridized carbons (Fsp3) is 0.200. The molecule has 2 aromatic carbocycles. The van der Waals surface area contributed by atoms with E-state index in [4.69, 9.17) is 17.3 Å². The molecule has 0 aromatic heterocycles. The van der Waals surface area contributed by atoms with Gasteiger partial charge in [0.2, 0.25) is 10.0 Å². The molecule has 2 aromatic rings. The fourth-order valence-electron chi connectivity index (χ4n) is 2.55. The molecule has 0 radical (unpaired) electrons. The highest BCUT2D eigenvalue weighted by molar-refractivity contribution is 7.89. The zero-order valence-electron chi connectivity index (χ0n) is 11.5. The monoisotopic (exact) mass is 322 g/mol. The van der Waals surface area contributed by atoms with Gasteiger partial charge in [0.1, 0.15) is 0 Å². The number of nitrogens with two attached hydrogens (primary N) is 1. The highest BCUT2D eigenvalue weighted by Gasteiger charge is 2.32. The summed E-state index contributed by atoms with van der Waals surface area (Å²) in [5.41, 5.74) is 8.83. The molecule has 0 amide bonds. The highest BCUT2D eigenvalue weighted by Crippen LogP contribution is 2.32. The quantitative estimate of drug-likeness (QED) is 0.865. The Bertz CT molecular complexity index is 793. The maximum absolute atomic E-state index is 12.8. The van der Waals surface area contributed by atoms with Crippen molar-refractivity contribution in [1.29, 1.82) is 0 Å². The Morgan fingerprint density at radius 2 is 1.71 bits per heavy atom. The summed E-state index contributed by atoms with van der Waals surface area (Å²) in [5, 5.41) is 0.327. The van der Waals surface area contributed by atoms with Crippen LogP contribution in [0.1, 0.15) is 16.7 Å². The number of sulfonamides is 1. The predicted molar refractivity (Wildman–Crippen MR) is 83.5 cm³/mol. The van der Waals surface area contributed by atoms with E-state index >= 15 is 0 Å². The molecule has 110 valence electrons. The van der Waals surface area contributed by atoms with Crippen molar-refractivity contribution >= 4 is 27.3 Å². The average Bonchev–Trinajstić information content (AvgIpc) is 2.87. The van der Waals surface area contributed by atoms with Crippen molar-refractivity contribution in [1.82, 2.24) is 4.31 Å². The molecule has 1 aliphatic heterocycles. The molecule has 0 spiro atoms. The van der Waals surface area contributed by atoms with Crippen molar-refractivity contribution in [3.05, 3.63) is 58.1 Å². The normalized spacial score (nSPS) is 15.1. The second-order valence-corrected chi connectivity index (χ2v) is 7.50. The highest BCUT2D eigenvalue weighted by atomic mass is 35.5. The Morgan fingerprint density at radius 3 is 2.29 bits per heavy atom. The van der Waals surface area contributed by atoms with E-state index in [-0.39, 0.29) is 4.90 Å². The topological polar surface area (TPSA) is 63.4 Å². The Labute approximate surface area is 129 Å². The van der Waals surface area contributed by atoms with E-state index in [9.17, 15) is 8.42 Å². The molecule has 0 bridgehead atoms. The number of halogens is 1. The first-order valence-corrected chi connectivity index (χ1v) is 8.34. The number of anilines is 1. The maximum atomic E-state index is 12.8. The van der Waals surface area contributed by atoms with Crippen LogP contribution in [0.25, 0.3) is 0 Å². The van der Waals surface area contributed by atoms with E-state index in [1.807, 2.05) is 24.3 Å². The zero-order chi connectivity index (χ0) is 15.2. The molecule has 1 heterocycles. The molecule has 0 atom stereocenters. The van der Waals surface area contributed by atoms with E-state index in [2.05, 4.69) is 0 Å². The Morgan fingerprint density at radius 1 is 1.14 bits per heavy atom. The molecule has 0 aliphatic carbocycles. The van der Waals surface area contributed by atoms with Crippen molar-refractivity contribution in [2.24, 2.45) is 0 Å². The molecule has 0 unspecified atom stereocenters. The minimum atomic E-state index is -3.61. The standard InChI is InChI=1S/C15H15ClN2O2S/c1-10-14(17)6-13(16)7-15(10)21(19,20)18-8-11-4-2-3-5-12(11)9-18/h2-7H,8-9,17H2,1H3. The van der Waals surface area contributed by atoms with Crippen molar-refractivity contribution < 1.29 is 8.42 Å². The van der Waals surface area contributed by atoms with E-state index in [0.717, 1.165) is 11.1 Å². The van der Waals surface area contributed by atoms with Gasteiger partial charge in [-0.15, -0.1) is 0 Å². The van der Waals surface area contributed by atoms with Gasteiger partial charge in [0.15, 0.2) is 0 Å². The second-order valence-electron chi connectivity index (χ2n) is 5.16. The van der Waals surface area contributed by atoms with Gasteiger partial charge >= 0.3 is 0 Å². The maximum Gasteiger partial charge on any atom is 0.244 e. The van der Waals surface area contributed by atoms with Crippen LogP contribution in [0, 0.1) is 6.92 Å². The Hall–Kier alpha value is -1.56. The van der Waals surface area contributed by atoms with Crippen LogP contribution in [0.15, 0.2) is 41.3 Å². The van der Waals surface area contributed by atoms with Gasteiger partial charge in [0.25, 0.3) is 0 Å². The lowest BCUT2D eigenvalue weighted by molar-refractivity contribution is 0.431. The van der Waals surface area contributed by atoms with Gasteiger partial charge in [-0.2, -0.15) is 4.31 Å². The number of hydrogen-bond donors (Lipinski definition) is 1. The molecule has 3 rings (SSSR count). The van der Waals surface area contributed by atoms with Gasteiger partial charge in [-0.05, 0) is 35.7 Å². The lowest BCUT2D eigenvalue weighted by Gasteiger charge is -2.18. The molecular formula is C15H15ClN2O2S. The summed E-state index contributed by atoms with van der Waals surface area (Å²) in [4.78, 5) is 0.181. The number of nitrogen functional groups attached to an aromatic ring is 1. The molecule has 1 aliphatic rings. The summed E-state index contributed by atoms with van der Waals surface area (Å²) in [6.45, 7) is 2.45. The van der Waals surface area contributed by atoms with E-state index in [1.54, 1.807) is 13.0 Å². The van der Waals surface area contributed by atoms with Crippen LogP contribution in [0.3, 0.4) is 0 Å². The third-order valence-electron chi connectivity index (χ3n) is 3.79. The van der Waals surface area contributed by atoms with Crippen LogP contribution in [-0.2, 0) is 23.1 Å². The summed E-state index contributed by atoms with van der Waals surface area (Å²) in [7, 11) is -3.61. The van der Waals surface area contributed by atoms with Crippen molar-refractivity contribution in [3.8, 4) is 0 Å². The van der Waals surface area contributed by atoms with Gasteiger partial charge in [-0.25, -0.2) is 8.42 Å². The molecule has 0 fully saturated rings. The van der Waals surface area contributed by atoms with Crippen molar-refractivity contribution in [3.63, 3.8) is 0 Å². The molecular weight excluding hydrogens is 308 g/mol. The number of hydrogen-bond acceptors (Lipinski definition) is 3. The Balaban J connectivity index is 2.04. The van der Waals surface area contributed by atoms with Crippen LogP contribution in [0.5, 0.6) is 0 Å². The van der Waals surface area contributed by atoms with E-state index < -0.39 is 10.0 Å². The van der Waals surface area contributed by atoms with Crippen LogP contribution in [-0.4, -0.2) is 12.7 Å². The molecule has 0 saturated carbocycles. The third-order valence-corrected chi connectivity index (χ3v) is 5.93. The summed E-state index contributed by atoms with van der Waals surface area (Å²) in [6.07, 6.45) is 0. The van der Waals surface area contributed by atoms with Crippen LogP contribution >= 0.6 is 11.6 Å². The molecule has 0 saturated heterocycles. The third kappa shape index (κ3) is 2.41. The smallest absolute Gasteiger partial charge is 0.244 e. The molecule has 21 heavy (non-hydrogen) atoms. The van der Waals surface area contributed by atoms with Gasteiger partial charge < -0.3 is 5.73 Å². The lowest BCUT2D eigenvalue weighted by atomic mass is 10.1. The SMILES string of the molecule is Cc1c(N)cc(Cl)cc1S(=O)(=O)N1Cc2ccccc2C1. The van der Waals surface area contributed by atoms with Crippen molar-refractivity contribution in [2.45, 2.75) is 24.9 Å². The largest absolute Gasteiger partial charge is 0.398 e. The van der Waals surface area contributed by atoms with Gasteiger partial charge in [-0.3, -0.25) is 0 Å². The fourth-order valence-corrected chi connectivity index (χ4v) is 4.52. The summed E-state index contributed by atoms with van der Waals surface area (Å²) < 4.78 is 27.1. The van der Waals surface area contributed by atoms with E-state index in [0.29, 0.717) is 29.4 Å². The molecule has 6 heteroatoms. The first kappa shape index (κ1) is 14.4. The van der Waals surface area contributed by atoms with E-state index in [1.165, 1.54) is 10.4 Å². The Kier molecular flexibility index (Phi) is 3.43. The number of fused-ring (bicyclic) bond motifs is 1. The zero-order valence-corrected chi connectivity index (χ0v) is 13.1. The number of nitrogens with zero attached hydrogens (tertiary/aromatic N) is 1.